The lowest BCUT2D eigenvalue weighted by Gasteiger charge is -2.28. The number of hydrogen-bond donors (Lipinski definition) is 3. The molecule has 3 heterocycles. The van der Waals surface area contributed by atoms with Crippen molar-refractivity contribution in [3.05, 3.63) is 71.1 Å². The maximum Gasteiger partial charge on any atom is 0.213 e. The van der Waals surface area contributed by atoms with Gasteiger partial charge in [-0.25, -0.2) is 9.97 Å². The summed E-state index contributed by atoms with van der Waals surface area (Å²) in [7, 11) is 0. The Morgan fingerprint density at radius 3 is 2.76 bits per heavy atom. The van der Waals surface area contributed by atoms with Crippen molar-refractivity contribution in [2.75, 3.05) is 18.5 Å². The number of aromatic amines is 1. The van der Waals surface area contributed by atoms with Crippen molar-refractivity contribution in [1.82, 2.24) is 20.2 Å². The van der Waals surface area contributed by atoms with Crippen LogP contribution in [0.1, 0.15) is 28.9 Å². The molecule has 2 aromatic heterocycles. The maximum absolute atomic E-state index is 13.4. The summed E-state index contributed by atoms with van der Waals surface area (Å²) in [4.78, 5) is 21.9. The molecule has 4 aromatic rings. The standard InChI is InChI=1S/C24H22ClN5O4/c25-19-10-16(34-15-4-2-1-3-5-15)8-9-18(19)22(32)21-20-23(26-13-27-24(20)30-29-21)28-14-6-7-17(11-31)33-12-14/h1-5,8-10,13-14,17,31H,6-7,11-12H2,(H2,26,27,28,29,30)/t14-,17+/m1/s1. The van der Waals surface area contributed by atoms with Crippen LogP contribution in [0.25, 0.3) is 11.0 Å². The number of carbonyl (C=O) groups is 1. The van der Waals surface area contributed by atoms with E-state index in [1.165, 1.54) is 6.33 Å². The van der Waals surface area contributed by atoms with Crippen LogP contribution in [0.15, 0.2) is 54.9 Å². The predicted octanol–water partition coefficient (Wildman–Crippen LogP) is 3.98. The van der Waals surface area contributed by atoms with Gasteiger partial charge in [0.15, 0.2) is 5.65 Å². The second kappa shape index (κ2) is 9.76. The van der Waals surface area contributed by atoms with Gasteiger partial charge < -0.3 is 19.9 Å². The van der Waals surface area contributed by atoms with Gasteiger partial charge in [-0.3, -0.25) is 9.89 Å². The Balaban J connectivity index is 1.40. The Hall–Kier alpha value is -3.53. The van der Waals surface area contributed by atoms with E-state index >= 15 is 0 Å². The molecule has 0 amide bonds. The lowest BCUT2D eigenvalue weighted by molar-refractivity contribution is -0.0224. The van der Waals surface area contributed by atoms with E-state index in [0.29, 0.717) is 40.5 Å². The Morgan fingerprint density at radius 1 is 1.18 bits per heavy atom. The molecule has 0 unspecified atom stereocenters. The smallest absolute Gasteiger partial charge is 0.213 e. The van der Waals surface area contributed by atoms with Crippen LogP contribution < -0.4 is 10.1 Å². The SMILES string of the molecule is O=C(c1ccc(Oc2ccccc2)cc1Cl)c1[nH]nc2ncnc(N[C@@H]3CC[C@@H](CO)OC3)c12. The quantitative estimate of drug-likeness (QED) is 0.340. The number of hydrogen-bond acceptors (Lipinski definition) is 8. The molecule has 1 saturated heterocycles. The summed E-state index contributed by atoms with van der Waals surface area (Å²) >= 11 is 6.46. The fourth-order valence-corrected chi connectivity index (χ4v) is 4.15. The molecule has 1 aliphatic rings. The first-order chi connectivity index (χ1) is 16.6. The van der Waals surface area contributed by atoms with Crippen LogP contribution in [0.2, 0.25) is 5.02 Å². The maximum atomic E-state index is 13.4. The number of aromatic nitrogens is 4. The van der Waals surface area contributed by atoms with E-state index in [9.17, 15) is 9.90 Å². The van der Waals surface area contributed by atoms with Gasteiger partial charge in [0.2, 0.25) is 5.78 Å². The monoisotopic (exact) mass is 479 g/mol. The topological polar surface area (TPSA) is 122 Å². The van der Waals surface area contributed by atoms with E-state index in [0.717, 1.165) is 12.8 Å². The Bertz CT molecular complexity index is 1310. The number of ketones is 1. The first-order valence-corrected chi connectivity index (χ1v) is 11.3. The van der Waals surface area contributed by atoms with Gasteiger partial charge in [0.1, 0.15) is 29.3 Å². The molecule has 0 aliphatic carbocycles. The molecule has 0 radical (unpaired) electrons. The number of rotatable bonds is 7. The molecule has 34 heavy (non-hydrogen) atoms. The second-order valence-electron chi connectivity index (χ2n) is 7.96. The van der Waals surface area contributed by atoms with Crippen LogP contribution in [0.4, 0.5) is 5.82 Å². The first kappa shape index (κ1) is 22.3. The molecule has 10 heteroatoms. The van der Waals surface area contributed by atoms with Crippen LogP contribution in [0.5, 0.6) is 11.5 Å². The molecule has 1 aliphatic heterocycles. The van der Waals surface area contributed by atoms with E-state index < -0.39 is 0 Å². The summed E-state index contributed by atoms with van der Waals surface area (Å²) < 4.78 is 11.4. The molecule has 2 aromatic carbocycles. The zero-order chi connectivity index (χ0) is 23.5. The van der Waals surface area contributed by atoms with Gasteiger partial charge in [-0.15, -0.1) is 0 Å². The zero-order valence-electron chi connectivity index (χ0n) is 18.1. The third-order valence-electron chi connectivity index (χ3n) is 5.66. The number of carbonyl (C=O) groups excluding carboxylic acids is 1. The highest BCUT2D eigenvalue weighted by atomic mass is 35.5. The van der Waals surface area contributed by atoms with Gasteiger partial charge in [-0.2, -0.15) is 5.10 Å². The predicted molar refractivity (Wildman–Crippen MR) is 127 cm³/mol. The fourth-order valence-electron chi connectivity index (χ4n) is 3.89. The van der Waals surface area contributed by atoms with E-state index in [4.69, 9.17) is 21.1 Å². The summed E-state index contributed by atoms with van der Waals surface area (Å²) in [5, 5.41) is 20.3. The van der Waals surface area contributed by atoms with E-state index in [1.807, 2.05) is 30.3 Å². The summed E-state index contributed by atoms with van der Waals surface area (Å²) in [5.74, 6) is 1.34. The number of aliphatic hydroxyl groups excluding tert-OH is 1. The van der Waals surface area contributed by atoms with Crippen molar-refractivity contribution in [1.29, 1.82) is 0 Å². The number of nitrogens with zero attached hydrogens (tertiary/aromatic N) is 3. The number of halogens is 1. The van der Waals surface area contributed by atoms with Gasteiger partial charge in [0, 0.05) is 11.6 Å². The molecule has 9 nitrogen and oxygen atoms in total. The Morgan fingerprint density at radius 2 is 2.03 bits per heavy atom. The van der Waals surface area contributed by atoms with Crippen LogP contribution in [-0.2, 0) is 4.74 Å². The number of aliphatic hydroxyl groups is 1. The molecule has 0 saturated carbocycles. The number of para-hydroxylation sites is 1. The summed E-state index contributed by atoms with van der Waals surface area (Å²) in [6.45, 7) is 0.424. The van der Waals surface area contributed by atoms with Gasteiger partial charge in [-0.1, -0.05) is 29.8 Å². The molecule has 3 N–H and O–H groups in total. The summed E-state index contributed by atoms with van der Waals surface area (Å²) in [5.41, 5.74) is 0.905. The number of H-pyrrole nitrogens is 1. The molecule has 2 atom stereocenters. The highest BCUT2D eigenvalue weighted by Crippen LogP contribution is 2.31. The van der Waals surface area contributed by atoms with Gasteiger partial charge in [-0.05, 0) is 37.1 Å². The van der Waals surface area contributed by atoms with Gasteiger partial charge in [0.05, 0.1) is 35.8 Å². The third kappa shape index (κ3) is 4.58. The minimum absolute atomic E-state index is 0.000785. The lowest BCUT2D eigenvalue weighted by atomic mass is 10.0. The molecule has 174 valence electrons. The largest absolute Gasteiger partial charge is 0.457 e. The highest BCUT2D eigenvalue weighted by Gasteiger charge is 2.25. The summed E-state index contributed by atoms with van der Waals surface area (Å²) in [6, 6.07) is 14.2. The molecule has 0 bridgehead atoms. The van der Waals surface area contributed by atoms with Crippen molar-refractivity contribution in [3.8, 4) is 11.5 Å². The van der Waals surface area contributed by atoms with E-state index in [1.54, 1.807) is 18.2 Å². The minimum Gasteiger partial charge on any atom is -0.457 e. The highest BCUT2D eigenvalue weighted by molar-refractivity contribution is 6.35. The Kier molecular flexibility index (Phi) is 6.39. The molecule has 5 rings (SSSR count). The van der Waals surface area contributed by atoms with Crippen LogP contribution in [0.3, 0.4) is 0 Å². The number of ether oxygens (including phenoxy) is 2. The number of benzene rings is 2. The van der Waals surface area contributed by atoms with Crippen molar-refractivity contribution in [3.63, 3.8) is 0 Å². The zero-order valence-corrected chi connectivity index (χ0v) is 18.8. The molecule has 1 fully saturated rings. The van der Waals surface area contributed by atoms with Crippen molar-refractivity contribution < 1.29 is 19.4 Å². The number of fused-ring (bicyclic) bond motifs is 1. The normalized spacial score (nSPS) is 18.1. The summed E-state index contributed by atoms with van der Waals surface area (Å²) in [6.07, 6.45) is 2.77. The molecular weight excluding hydrogens is 458 g/mol. The van der Waals surface area contributed by atoms with Crippen molar-refractivity contribution >= 4 is 34.2 Å². The Labute approximate surface area is 200 Å². The second-order valence-corrected chi connectivity index (χ2v) is 8.37. The number of nitrogens with one attached hydrogen (secondary N) is 2. The van der Waals surface area contributed by atoms with Crippen LogP contribution >= 0.6 is 11.6 Å². The first-order valence-electron chi connectivity index (χ1n) is 10.9. The van der Waals surface area contributed by atoms with Gasteiger partial charge >= 0.3 is 0 Å². The third-order valence-corrected chi connectivity index (χ3v) is 5.97. The van der Waals surface area contributed by atoms with E-state index in [2.05, 4.69) is 25.5 Å². The van der Waals surface area contributed by atoms with E-state index in [-0.39, 0.29) is 35.3 Å². The van der Waals surface area contributed by atoms with Crippen LogP contribution in [0, 0.1) is 0 Å². The number of anilines is 1. The minimum atomic E-state index is -0.336. The molecule has 0 spiro atoms. The van der Waals surface area contributed by atoms with Crippen molar-refractivity contribution in [2.45, 2.75) is 25.0 Å². The average Bonchev–Trinajstić information content (AvgIpc) is 3.30. The van der Waals surface area contributed by atoms with Gasteiger partial charge in [0.25, 0.3) is 0 Å². The fraction of sp³-hybridized carbons (Fsp3) is 0.250. The molecular formula is C24H22ClN5O4. The van der Waals surface area contributed by atoms with Crippen LogP contribution in [-0.4, -0.2) is 56.4 Å². The van der Waals surface area contributed by atoms with Crippen molar-refractivity contribution in [2.24, 2.45) is 0 Å². The lowest BCUT2D eigenvalue weighted by Crippen LogP contribution is -2.36. The average molecular weight is 480 g/mol.